The van der Waals surface area contributed by atoms with Gasteiger partial charge in [-0.25, -0.2) is 0 Å². The van der Waals surface area contributed by atoms with Crippen molar-refractivity contribution in [2.45, 2.75) is 6.92 Å². The number of aromatic hydroxyl groups is 1. The average molecular weight is 286 g/mol. The van der Waals surface area contributed by atoms with Gasteiger partial charge in [0.25, 0.3) is 5.19 Å². The molecule has 0 aliphatic heterocycles. The Labute approximate surface area is 99.5 Å². The van der Waals surface area contributed by atoms with Gasteiger partial charge in [0.2, 0.25) is 0 Å². The fourth-order valence-electron chi connectivity index (χ4n) is 1.09. The van der Waals surface area contributed by atoms with Crippen LogP contribution in [-0.2, 0) is 0 Å². The number of nitrogens with zero attached hydrogens (tertiary/aromatic N) is 1. The molecule has 0 bridgehead atoms. The van der Waals surface area contributed by atoms with Crippen LogP contribution in [0.4, 0.5) is 0 Å². The lowest BCUT2D eigenvalue weighted by atomic mass is 10.2. The van der Waals surface area contributed by atoms with Crippen LogP contribution in [0.2, 0.25) is 0 Å². The monoisotopic (exact) mass is 285 g/mol. The van der Waals surface area contributed by atoms with Crippen LogP contribution in [0, 0.1) is 6.92 Å². The topological polar surface area (TPSA) is 42.4 Å². The Morgan fingerprint density at radius 1 is 1.47 bits per heavy atom. The molecular formula is C10H8BrNO2S. The molecule has 1 heterocycles. The van der Waals surface area contributed by atoms with Crippen molar-refractivity contribution >= 4 is 27.3 Å². The second-order valence-corrected chi connectivity index (χ2v) is 4.57. The first-order chi connectivity index (χ1) is 7.16. The van der Waals surface area contributed by atoms with Crippen LogP contribution in [0.1, 0.15) is 5.56 Å². The summed E-state index contributed by atoms with van der Waals surface area (Å²) in [7, 11) is 0. The van der Waals surface area contributed by atoms with Crippen LogP contribution < -0.4 is 4.74 Å². The van der Waals surface area contributed by atoms with Gasteiger partial charge in [-0.15, -0.1) is 0 Å². The highest BCUT2D eigenvalue weighted by molar-refractivity contribution is 9.10. The molecule has 1 aromatic carbocycles. The van der Waals surface area contributed by atoms with Crippen LogP contribution >= 0.6 is 27.3 Å². The van der Waals surface area contributed by atoms with Gasteiger partial charge in [0.15, 0.2) is 0 Å². The molecular weight excluding hydrogens is 278 g/mol. The van der Waals surface area contributed by atoms with Crippen LogP contribution in [0.3, 0.4) is 0 Å². The summed E-state index contributed by atoms with van der Waals surface area (Å²) >= 11 is 4.65. The summed E-state index contributed by atoms with van der Waals surface area (Å²) in [5, 5.41) is 11.9. The number of benzene rings is 1. The number of halogens is 1. The lowest BCUT2D eigenvalue weighted by Gasteiger charge is -2.06. The number of phenols is 1. The molecule has 2 aromatic rings. The summed E-state index contributed by atoms with van der Waals surface area (Å²) in [5.41, 5.74) is 0.712. The minimum Gasteiger partial charge on any atom is -0.508 e. The maximum Gasteiger partial charge on any atom is 0.279 e. The number of hydrogen-bond donors (Lipinski definition) is 1. The second-order valence-electron chi connectivity index (χ2n) is 2.94. The zero-order chi connectivity index (χ0) is 10.8. The van der Waals surface area contributed by atoms with E-state index in [-0.39, 0.29) is 5.75 Å². The Morgan fingerprint density at radius 2 is 2.27 bits per heavy atom. The van der Waals surface area contributed by atoms with Gasteiger partial charge in [-0.3, -0.25) is 0 Å². The number of hydrogen-bond acceptors (Lipinski definition) is 4. The van der Waals surface area contributed by atoms with Gasteiger partial charge in [-0.05, 0) is 35.0 Å². The van der Waals surface area contributed by atoms with Crippen LogP contribution in [-0.4, -0.2) is 10.1 Å². The van der Waals surface area contributed by atoms with Crippen LogP contribution in [0.5, 0.6) is 16.7 Å². The Morgan fingerprint density at radius 3 is 2.93 bits per heavy atom. The molecule has 0 unspecified atom stereocenters. The van der Waals surface area contributed by atoms with Gasteiger partial charge in [-0.1, -0.05) is 17.4 Å². The SMILES string of the molecule is Cc1c(O)cccc1Oc1nc(Br)cs1. The lowest BCUT2D eigenvalue weighted by molar-refractivity contribution is 0.446. The predicted octanol–water partition coefficient (Wildman–Crippen LogP) is 3.71. The van der Waals surface area contributed by atoms with Gasteiger partial charge in [0.05, 0.1) is 0 Å². The molecule has 5 heteroatoms. The van der Waals surface area contributed by atoms with Crippen LogP contribution in [0.25, 0.3) is 0 Å². The fourth-order valence-corrected chi connectivity index (χ4v) is 2.19. The maximum absolute atomic E-state index is 9.48. The van der Waals surface area contributed by atoms with E-state index in [9.17, 15) is 5.11 Å². The Kier molecular flexibility index (Phi) is 2.93. The molecule has 78 valence electrons. The summed E-state index contributed by atoms with van der Waals surface area (Å²) < 4.78 is 6.28. The highest BCUT2D eigenvalue weighted by atomic mass is 79.9. The number of thiazole rings is 1. The van der Waals surface area contributed by atoms with Gasteiger partial charge in [0, 0.05) is 10.9 Å². The molecule has 3 nitrogen and oxygen atoms in total. The molecule has 2 rings (SSSR count). The molecule has 0 saturated carbocycles. The minimum atomic E-state index is 0.225. The predicted molar refractivity (Wildman–Crippen MR) is 62.7 cm³/mol. The zero-order valence-electron chi connectivity index (χ0n) is 7.90. The molecule has 0 saturated heterocycles. The first-order valence-corrected chi connectivity index (χ1v) is 5.91. The van der Waals surface area contributed by atoms with E-state index >= 15 is 0 Å². The third kappa shape index (κ3) is 2.30. The number of phenolic OH excluding ortho intramolecular Hbond substituents is 1. The third-order valence-electron chi connectivity index (χ3n) is 1.91. The molecule has 0 aliphatic carbocycles. The summed E-state index contributed by atoms with van der Waals surface area (Å²) in [4.78, 5) is 4.11. The number of rotatable bonds is 2. The first-order valence-electron chi connectivity index (χ1n) is 4.24. The lowest BCUT2D eigenvalue weighted by Crippen LogP contribution is -1.86. The normalized spacial score (nSPS) is 10.3. The Balaban J connectivity index is 2.28. The van der Waals surface area contributed by atoms with E-state index in [0.29, 0.717) is 16.5 Å². The van der Waals surface area contributed by atoms with E-state index in [4.69, 9.17) is 4.74 Å². The quantitative estimate of drug-likeness (QED) is 0.915. The number of ether oxygens (including phenoxy) is 1. The molecule has 0 amide bonds. The standard InChI is InChI=1S/C10H8BrNO2S/c1-6-7(13)3-2-4-8(6)14-10-12-9(11)5-15-10/h2-5,13H,1H3. The second kappa shape index (κ2) is 4.20. The van der Waals surface area contributed by atoms with Gasteiger partial charge in [-0.2, -0.15) is 4.98 Å². The highest BCUT2D eigenvalue weighted by Gasteiger charge is 2.07. The third-order valence-corrected chi connectivity index (χ3v) is 3.33. The van der Waals surface area contributed by atoms with Crippen molar-refractivity contribution in [3.05, 3.63) is 33.7 Å². The maximum atomic E-state index is 9.48. The fraction of sp³-hybridized carbons (Fsp3) is 0.100. The average Bonchev–Trinajstić information content (AvgIpc) is 2.59. The van der Waals surface area contributed by atoms with Crippen molar-refractivity contribution in [3.63, 3.8) is 0 Å². The smallest absolute Gasteiger partial charge is 0.279 e. The molecule has 1 N–H and O–H groups in total. The molecule has 0 aliphatic rings. The molecule has 0 spiro atoms. The molecule has 0 radical (unpaired) electrons. The summed E-state index contributed by atoms with van der Waals surface area (Å²) in [5.74, 6) is 0.847. The van der Waals surface area contributed by atoms with Gasteiger partial charge in [0.1, 0.15) is 16.1 Å². The van der Waals surface area contributed by atoms with Gasteiger partial charge >= 0.3 is 0 Å². The Bertz CT molecular complexity index is 484. The van der Waals surface area contributed by atoms with Crippen molar-refractivity contribution in [1.82, 2.24) is 4.98 Å². The van der Waals surface area contributed by atoms with Gasteiger partial charge < -0.3 is 9.84 Å². The van der Waals surface area contributed by atoms with Crippen molar-refractivity contribution < 1.29 is 9.84 Å². The number of aromatic nitrogens is 1. The van der Waals surface area contributed by atoms with E-state index in [1.54, 1.807) is 25.1 Å². The van der Waals surface area contributed by atoms with Crippen molar-refractivity contribution in [3.8, 4) is 16.7 Å². The van der Waals surface area contributed by atoms with E-state index in [2.05, 4.69) is 20.9 Å². The highest BCUT2D eigenvalue weighted by Crippen LogP contribution is 2.32. The minimum absolute atomic E-state index is 0.225. The van der Waals surface area contributed by atoms with E-state index in [1.807, 2.05) is 5.38 Å². The molecule has 1 aromatic heterocycles. The molecule has 15 heavy (non-hydrogen) atoms. The van der Waals surface area contributed by atoms with Crippen molar-refractivity contribution in [2.75, 3.05) is 0 Å². The van der Waals surface area contributed by atoms with E-state index in [0.717, 1.165) is 4.60 Å². The van der Waals surface area contributed by atoms with Crippen LogP contribution in [0.15, 0.2) is 28.2 Å². The molecule has 0 atom stereocenters. The first kappa shape index (κ1) is 10.4. The summed E-state index contributed by atoms with van der Waals surface area (Å²) in [6, 6.07) is 5.16. The van der Waals surface area contributed by atoms with E-state index < -0.39 is 0 Å². The van der Waals surface area contributed by atoms with E-state index in [1.165, 1.54) is 11.3 Å². The van der Waals surface area contributed by atoms with Crippen molar-refractivity contribution in [1.29, 1.82) is 0 Å². The summed E-state index contributed by atoms with van der Waals surface area (Å²) in [6.45, 7) is 1.80. The largest absolute Gasteiger partial charge is 0.508 e. The molecule has 0 fully saturated rings. The van der Waals surface area contributed by atoms with Crippen molar-refractivity contribution in [2.24, 2.45) is 0 Å². The summed E-state index contributed by atoms with van der Waals surface area (Å²) in [6.07, 6.45) is 0. The Hall–Kier alpha value is -1.07. The zero-order valence-corrected chi connectivity index (χ0v) is 10.3.